The van der Waals surface area contributed by atoms with Gasteiger partial charge in [-0.05, 0) is 19.8 Å². The van der Waals surface area contributed by atoms with E-state index in [2.05, 4.69) is 16.4 Å². The number of alkyl halides is 6. The summed E-state index contributed by atoms with van der Waals surface area (Å²) in [6, 6.07) is 0. The third-order valence-electron chi connectivity index (χ3n) is 3.34. The Bertz CT molecular complexity index is 695. The van der Waals surface area contributed by atoms with Gasteiger partial charge in [0, 0.05) is 5.57 Å². The Kier molecular flexibility index (Phi) is 11.4. The lowest BCUT2D eigenvalue weighted by Crippen LogP contribution is -2.31. The van der Waals surface area contributed by atoms with Gasteiger partial charge in [-0.25, -0.2) is 4.79 Å². The van der Waals surface area contributed by atoms with Gasteiger partial charge in [0.25, 0.3) is 5.09 Å². The van der Waals surface area contributed by atoms with Gasteiger partial charge in [-0.1, -0.05) is 32.3 Å². The van der Waals surface area contributed by atoms with E-state index >= 15 is 0 Å². The molecule has 0 fully saturated rings. The first-order valence-electron chi connectivity index (χ1n) is 8.56. The van der Waals surface area contributed by atoms with Crippen LogP contribution in [0.4, 0.5) is 26.3 Å². The van der Waals surface area contributed by atoms with E-state index in [0.717, 1.165) is 0 Å². The first-order chi connectivity index (χ1) is 13.6. The van der Waals surface area contributed by atoms with Crippen LogP contribution in [0.2, 0.25) is 0 Å². The number of allylic oxidation sites excluding steroid dienone is 1. The van der Waals surface area contributed by atoms with Crippen molar-refractivity contribution < 1.29 is 58.6 Å². The van der Waals surface area contributed by atoms with Crippen molar-refractivity contribution in [2.24, 2.45) is 0 Å². The van der Waals surface area contributed by atoms with Crippen LogP contribution in [0.25, 0.3) is 0 Å². The number of carbonyl (C=O) groups excluding carboxylic acids is 1. The van der Waals surface area contributed by atoms with Crippen molar-refractivity contribution >= 4 is 16.1 Å². The third-order valence-corrected chi connectivity index (χ3v) is 4.08. The Morgan fingerprint density at radius 2 is 1.33 bits per heavy atom. The number of ether oxygens (including phenoxy) is 1. The minimum atomic E-state index is -6.16. The molecule has 0 aromatic rings. The van der Waals surface area contributed by atoms with E-state index in [1.807, 2.05) is 0 Å². The molecule has 0 aliphatic heterocycles. The van der Waals surface area contributed by atoms with E-state index in [-0.39, 0.29) is 18.6 Å². The third kappa shape index (κ3) is 11.4. The highest BCUT2D eigenvalue weighted by molar-refractivity contribution is 7.89. The largest absolute Gasteiger partial charge is 0.462 e. The van der Waals surface area contributed by atoms with Crippen LogP contribution in [0, 0.1) is 0 Å². The highest BCUT2D eigenvalue weighted by atomic mass is 32.2. The predicted molar refractivity (Wildman–Crippen MR) is 91.2 cm³/mol. The van der Waals surface area contributed by atoms with E-state index in [1.54, 1.807) is 0 Å². The maximum absolute atomic E-state index is 12.6. The highest BCUT2D eigenvalue weighted by Gasteiger charge is 2.57. The number of carbonyl (C=O) groups is 1. The maximum atomic E-state index is 12.6. The zero-order chi connectivity index (χ0) is 23.6. The molecule has 176 valence electrons. The highest BCUT2D eigenvalue weighted by Crippen LogP contribution is 2.42. The fourth-order valence-corrected chi connectivity index (χ4v) is 2.58. The predicted octanol–water partition coefficient (Wildman–Crippen LogP) is 4.62. The molecule has 0 amide bonds. The van der Waals surface area contributed by atoms with E-state index in [1.165, 1.54) is 6.92 Å². The summed E-state index contributed by atoms with van der Waals surface area (Å²) < 4.78 is 111. The summed E-state index contributed by atoms with van der Waals surface area (Å²) in [7, 11) is -6.00. The average molecular weight is 472 g/mol. The summed E-state index contributed by atoms with van der Waals surface area (Å²) in [6.07, 6.45) is -9.11. The Morgan fingerprint density at radius 1 is 0.900 bits per heavy atom. The lowest BCUT2D eigenvalue weighted by Gasteiger charge is -2.17. The smallest absolute Gasteiger partial charge is 0.425 e. The van der Waals surface area contributed by atoms with Crippen LogP contribution in [0.1, 0.15) is 45.4 Å². The van der Waals surface area contributed by atoms with E-state index in [9.17, 15) is 39.6 Å². The van der Waals surface area contributed by atoms with E-state index in [4.69, 9.17) is 9.29 Å². The Balaban J connectivity index is 4.38. The topological polar surface area (TPSA) is 99.1 Å². The van der Waals surface area contributed by atoms with Crippen molar-refractivity contribution in [2.75, 3.05) is 13.2 Å². The summed E-state index contributed by atoms with van der Waals surface area (Å²) in [5.74, 6) is -0.496. The number of esters is 1. The first kappa shape index (κ1) is 28.2. The molecule has 0 unspecified atom stereocenters. The summed E-state index contributed by atoms with van der Waals surface area (Å²) in [4.78, 5) is 18.9. The van der Waals surface area contributed by atoms with Crippen molar-refractivity contribution in [1.82, 2.24) is 0 Å². The summed E-state index contributed by atoms with van der Waals surface area (Å²) in [6.45, 7) is 4.63. The number of unbranched alkanes of at least 4 members (excludes halogenated alkanes) is 5. The van der Waals surface area contributed by atoms with Gasteiger partial charge in [0.15, 0.2) is 5.57 Å². The molecule has 14 heteroatoms. The average Bonchev–Trinajstić information content (AvgIpc) is 2.54. The second-order valence-corrected chi connectivity index (χ2v) is 7.40. The van der Waals surface area contributed by atoms with Crippen LogP contribution < -0.4 is 0 Å². The van der Waals surface area contributed by atoms with Gasteiger partial charge in [-0.3, -0.25) is 4.55 Å². The molecular weight excluding hydrogens is 450 g/mol. The minimum Gasteiger partial charge on any atom is -0.462 e. The summed E-state index contributed by atoms with van der Waals surface area (Å²) in [5.41, 5.74) is -3.26. The fourth-order valence-electron chi connectivity index (χ4n) is 1.96. The van der Waals surface area contributed by atoms with Gasteiger partial charge in [0.2, 0.25) is 0 Å². The molecule has 0 bridgehead atoms. The normalized spacial score (nSPS) is 12.4. The molecule has 0 rings (SSSR count). The fraction of sp³-hybridized carbons (Fsp3) is 0.688. The van der Waals surface area contributed by atoms with Gasteiger partial charge >= 0.3 is 28.4 Å². The van der Waals surface area contributed by atoms with Gasteiger partial charge < -0.3 is 9.62 Å². The van der Waals surface area contributed by atoms with Gasteiger partial charge in [-0.2, -0.15) is 39.6 Å². The molecule has 7 nitrogen and oxygen atoms in total. The molecule has 0 saturated heterocycles. The number of halogens is 6. The Labute approximate surface area is 169 Å². The van der Waals surface area contributed by atoms with Crippen LogP contribution >= 0.6 is 0 Å². The first-order valence-corrected chi connectivity index (χ1v) is 10.0. The SMILES string of the molecule is C=C(C)C(=O)OCCCCCCCCOOC(=C(C(F)(F)F)C(F)(F)F)S(=O)(=O)O. The van der Waals surface area contributed by atoms with Crippen LogP contribution in [-0.4, -0.2) is 44.5 Å². The number of hydrogen-bond acceptors (Lipinski definition) is 6. The molecule has 0 aromatic heterocycles. The minimum absolute atomic E-state index is 0.136. The zero-order valence-electron chi connectivity index (χ0n) is 15.9. The molecule has 0 heterocycles. The van der Waals surface area contributed by atoms with Crippen molar-refractivity contribution in [1.29, 1.82) is 0 Å². The van der Waals surface area contributed by atoms with Crippen LogP contribution in [-0.2, 0) is 29.4 Å². The molecule has 0 radical (unpaired) electrons. The molecule has 0 aliphatic carbocycles. The molecule has 0 atom stereocenters. The van der Waals surface area contributed by atoms with Crippen molar-refractivity contribution in [2.45, 2.75) is 57.8 Å². The lowest BCUT2D eigenvalue weighted by molar-refractivity contribution is -0.263. The second-order valence-electron chi connectivity index (χ2n) is 6.08. The Hall–Kier alpha value is -1.80. The van der Waals surface area contributed by atoms with E-state index in [0.29, 0.717) is 32.1 Å². The maximum Gasteiger partial charge on any atom is 0.425 e. The second kappa shape index (κ2) is 12.2. The van der Waals surface area contributed by atoms with Crippen molar-refractivity contribution in [3.05, 3.63) is 22.8 Å². The number of hydrogen-bond donors (Lipinski definition) is 1. The quantitative estimate of drug-likeness (QED) is 0.0610. The van der Waals surface area contributed by atoms with Crippen LogP contribution in [0.5, 0.6) is 0 Å². The molecular formula is C16H22F6O7S. The molecule has 30 heavy (non-hydrogen) atoms. The standard InChI is InChI=1S/C16H22F6O7S/c1-11(2)13(23)27-9-7-5-3-4-6-8-10-28-29-14(30(24,25)26)12(15(17,18)19)16(20,21)22/h1,3-10H2,2H3,(H,24,25,26). The molecule has 0 aromatic carbocycles. The molecule has 0 saturated carbocycles. The van der Waals surface area contributed by atoms with Gasteiger partial charge in [0.05, 0.1) is 13.2 Å². The monoisotopic (exact) mass is 472 g/mol. The molecule has 1 N–H and O–H groups in total. The van der Waals surface area contributed by atoms with Crippen molar-refractivity contribution in [3.63, 3.8) is 0 Å². The lowest BCUT2D eigenvalue weighted by atomic mass is 10.1. The van der Waals surface area contributed by atoms with Gasteiger partial charge in [0.1, 0.15) is 0 Å². The zero-order valence-corrected chi connectivity index (χ0v) is 16.8. The van der Waals surface area contributed by atoms with Gasteiger partial charge in [-0.15, -0.1) is 0 Å². The molecule has 0 aliphatic rings. The summed E-state index contributed by atoms with van der Waals surface area (Å²) >= 11 is 0. The summed E-state index contributed by atoms with van der Waals surface area (Å²) in [5, 5.41) is -2.77. The number of rotatable bonds is 13. The van der Waals surface area contributed by atoms with Crippen LogP contribution in [0.3, 0.4) is 0 Å². The van der Waals surface area contributed by atoms with Crippen LogP contribution in [0.15, 0.2) is 22.8 Å². The molecule has 0 spiro atoms. The van der Waals surface area contributed by atoms with E-state index < -0.39 is 45.7 Å². The Morgan fingerprint density at radius 3 is 1.73 bits per heavy atom. The van der Waals surface area contributed by atoms with Crippen molar-refractivity contribution in [3.8, 4) is 0 Å².